The summed E-state index contributed by atoms with van der Waals surface area (Å²) in [5.41, 5.74) is 1.03. The molecule has 16 heavy (non-hydrogen) atoms. The maximum atomic E-state index is 5.39. The third-order valence-electron chi connectivity index (χ3n) is 2.64. The largest absolute Gasteiger partial charge is 0.495 e. The molecule has 2 rings (SSSR count). The molecule has 0 amide bonds. The van der Waals surface area contributed by atoms with Crippen LogP contribution in [0.1, 0.15) is 0 Å². The maximum Gasteiger partial charge on any atom is 0.141 e. The fourth-order valence-corrected chi connectivity index (χ4v) is 1.77. The molecule has 1 fully saturated rings. The average molecular weight is 222 g/mol. The number of nitrogens with one attached hydrogen (secondary N) is 2. The molecular formula is C12H18N2O2. The SMILES string of the molecule is COc1ccccc1NCC1COCCN1. The molecule has 4 nitrogen and oxygen atoms in total. The highest BCUT2D eigenvalue weighted by Crippen LogP contribution is 2.22. The first-order chi connectivity index (χ1) is 7.90. The minimum absolute atomic E-state index is 0.374. The molecule has 0 saturated carbocycles. The summed E-state index contributed by atoms with van der Waals surface area (Å²) in [6.07, 6.45) is 0. The second kappa shape index (κ2) is 5.72. The van der Waals surface area contributed by atoms with E-state index in [-0.39, 0.29) is 0 Å². The van der Waals surface area contributed by atoms with E-state index in [0.717, 1.165) is 37.7 Å². The smallest absolute Gasteiger partial charge is 0.141 e. The Labute approximate surface area is 95.9 Å². The third kappa shape index (κ3) is 2.87. The van der Waals surface area contributed by atoms with Crippen LogP contribution in [0.5, 0.6) is 5.75 Å². The molecule has 0 radical (unpaired) electrons. The van der Waals surface area contributed by atoms with Gasteiger partial charge in [0.15, 0.2) is 0 Å². The molecule has 1 aliphatic heterocycles. The lowest BCUT2D eigenvalue weighted by atomic mass is 10.2. The van der Waals surface area contributed by atoms with Crippen LogP contribution in [0.25, 0.3) is 0 Å². The van der Waals surface area contributed by atoms with E-state index in [1.54, 1.807) is 7.11 Å². The fraction of sp³-hybridized carbons (Fsp3) is 0.500. The van der Waals surface area contributed by atoms with E-state index in [1.807, 2.05) is 24.3 Å². The lowest BCUT2D eigenvalue weighted by Crippen LogP contribution is -2.45. The quantitative estimate of drug-likeness (QED) is 0.800. The van der Waals surface area contributed by atoms with Gasteiger partial charge in [0.05, 0.1) is 26.0 Å². The zero-order valence-corrected chi connectivity index (χ0v) is 9.53. The highest BCUT2D eigenvalue weighted by Gasteiger charge is 2.12. The van der Waals surface area contributed by atoms with Crippen LogP contribution in [0.15, 0.2) is 24.3 Å². The number of hydrogen-bond acceptors (Lipinski definition) is 4. The number of para-hydroxylation sites is 2. The summed E-state index contributed by atoms with van der Waals surface area (Å²) in [5.74, 6) is 0.874. The van der Waals surface area contributed by atoms with E-state index >= 15 is 0 Å². The molecule has 0 aromatic heterocycles. The zero-order chi connectivity index (χ0) is 11.2. The van der Waals surface area contributed by atoms with Crippen molar-refractivity contribution >= 4 is 5.69 Å². The summed E-state index contributed by atoms with van der Waals surface area (Å²) in [7, 11) is 1.68. The predicted octanol–water partition coefficient (Wildman–Crippen LogP) is 1.10. The molecule has 0 aliphatic carbocycles. The molecular weight excluding hydrogens is 204 g/mol. The number of rotatable bonds is 4. The number of methoxy groups -OCH3 is 1. The minimum atomic E-state index is 0.374. The molecule has 1 aliphatic rings. The van der Waals surface area contributed by atoms with Gasteiger partial charge in [-0.15, -0.1) is 0 Å². The van der Waals surface area contributed by atoms with Gasteiger partial charge >= 0.3 is 0 Å². The number of anilines is 1. The second-order valence-electron chi connectivity index (χ2n) is 3.81. The summed E-state index contributed by atoms with van der Waals surface area (Å²) >= 11 is 0. The Bertz CT molecular complexity index is 325. The van der Waals surface area contributed by atoms with Crippen LogP contribution >= 0.6 is 0 Å². The first-order valence-corrected chi connectivity index (χ1v) is 5.58. The lowest BCUT2D eigenvalue weighted by molar-refractivity contribution is 0.0806. The van der Waals surface area contributed by atoms with Crippen molar-refractivity contribution in [2.45, 2.75) is 6.04 Å². The van der Waals surface area contributed by atoms with E-state index in [9.17, 15) is 0 Å². The topological polar surface area (TPSA) is 42.5 Å². The van der Waals surface area contributed by atoms with Gasteiger partial charge < -0.3 is 20.1 Å². The Morgan fingerprint density at radius 2 is 2.38 bits per heavy atom. The van der Waals surface area contributed by atoms with Crippen LogP contribution < -0.4 is 15.4 Å². The van der Waals surface area contributed by atoms with Crippen LogP contribution in [-0.4, -0.2) is 39.5 Å². The van der Waals surface area contributed by atoms with Crippen molar-refractivity contribution < 1.29 is 9.47 Å². The van der Waals surface area contributed by atoms with Crippen molar-refractivity contribution in [1.29, 1.82) is 0 Å². The van der Waals surface area contributed by atoms with Gasteiger partial charge in [-0.3, -0.25) is 0 Å². The molecule has 1 atom stereocenters. The van der Waals surface area contributed by atoms with Crippen LogP contribution in [0.3, 0.4) is 0 Å². The van der Waals surface area contributed by atoms with Crippen LogP contribution in [0, 0.1) is 0 Å². The Morgan fingerprint density at radius 1 is 1.50 bits per heavy atom. The Morgan fingerprint density at radius 3 is 3.12 bits per heavy atom. The fourth-order valence-electron chi connectivity index (χ4n) is 1.77. The van der Waals surface area contributed by atoms with Gasteiger partial charge in [-0.2, -0.15) is 0 Å². The first kappa shape index (κ1) is 11.2. The Balaban J connectivity index is 1.88. The first-order valence-electron chi connectivity index (χ1n) is 5.58. The van der Waals surface area contributed by atoms with Crippen molar-refractivity contribution in [3.63, 3.8) is 0 Å². The van der Waals surface area contributed by atoms with Gasteiger partial charge in [-0.1, -0.05) is 12.1 Å². The minimum Gasteiger partial charge on any atom is -0.495 e. The number of ether oxygens (including phenoxy) is 2. The normalized spacial score (nSPS) is 20.4. The molecule has 1 saturated heterocycles. The van der Waals surface area contributed by atoms with Crippen molar-refractivity contribution in [3.05, 3.63) is 24.3 Å². The van der Waals surface area contributed by atoms with Gasteiger partial charge in [-0.25, -0.2) is 0 Å². The zero-order valence-electron chi connectivity index (χ0n) is 9.53. The standard InChI is InChI=1S/C12H18N2O2/c1-15-12-5-3-2-4-11(12)14-8-10-9-16-7-6-13-10/h2-5,10,13-14H,6-9H2,1H3. The van der Waals surface area contributed by atoms with Crippen molar-refractivity contribution in [2.75, 3.05) is 38.7 Å². The average Bonchev–Trinajstić information content (AvgIpc) is 2.38. The molecule has 1 aromatic rings. The Hall–Kier alpha value is -1.26. The molecule has 0 spiro atoms. The van der Waals surface area contributed by atoms with Crippen molar-refractivity contribution in [1.82, 2.24) is 5.32 Å². The summed E-state index contributed by atoms with van der Waals surface area (Å²) in [6, 6.07) is 8.30. The molecule has 0 bridgehead atoms. The highest BCUT2D eigenvalue weighted by molar-refractivity contribution is 5.56. The molecule has 1 heterocycles. The number of benzene rings is 1. The summed E-state index contributed by atoms with van der Waals surface area (Å²) < 4.78 is 10.7. The molecule has 2 N–H and O–H groups in total. The van der Waals surface area contributed by atoms with Gasteiger partial charge in [0.25, 0.3) is 0 Å². The van der Waals surface area contributed by atoms with E-state index < -0.39 is 0 Å². The van der Waals surface area contributed by atoms with Crippen LogP contribution in [0.4, 0.5) is 5.69 Å². The molecule has 1 aromatic carbocycles. The lowest BCUT2D eigenvalue weighted by Gasteiger charge is -2.24. The maximum absolute atomic E-state index is 5.39. The van der Waals surface area contributed by atoms with Crippen LogP contribution in [-0.2, 0) is 4.74 Å². The second-order valence-corrected chi connectivity index (χ2v) is 3.81. The predicted molar refractivity (Wildman–Crippen MR) is 64.1 cm³/mol. The third-order valence-corrected chi connectivity index (χ3v) is 2.64. The van der Waals surface area contributed by atoms with Gasteiger partial charge in [0.1, 0.15) is 5.75 Å². The van der Waals surface area contributed by atoms with E-state index in [2.05, 4.69) is 10.6 Å². The van der Waals surface area contributed by atoms with Crippen molar-refractivity contribution in [2.24, 2.45) is 0 Å². The number of morpholine rings is 1. The van der Waals surface area contributed by atoms with Gasteiger partial charge in [0, 0.05) is 19.1 Å². The summed E-state index contributed by atoms with van der Waals surface area (Å²) in [5, 5.41) is 6.76. The van der Waals surface area contributed by atoms with Gasteiger partial charge in [-0.05, 0) is 12.1 Å². The molecule has 1 unspecified atom stereocenters. The van der Waals surface area contributed by atoms with Crippen molar-refractivity contribution in [3.8, 4) is 5.75 Å². The summed E-state index contributed by atoms with van der Waals surface area (Å²) in [4.78, 5) is 0. The number of hydrogen-bond donors (Lipinski definition) is 2. The van der Waals surface area contributed by atoms with Crippen LogP contribution in [0.2, 0.25) is 0 Å². The van der Waals surface area contributed by atoms with E-state index in [1.165, 1.54) is 0 Å². The monoisotopic (exact) mass is 222 g/mol. The summed E-state index contributed by atoms with van der Waals surface area (Å²) in [6.45, 7) is 3.35. The van der Waals surface area contributed by atoms with E-state index in [0.29, 0.717) is 6.04 Å². The van der Waals surface area contributed by atoms with Gasteiger partial charge in [0.2, 0.25) is 0 Å². The molecule has 4 heteroatoms. The Kier molecular flexibility index (Phi) is 4.02. The highest BCUT2D eigenvalue weighted by atomic mass is 16.5. The van der Waals surface area contributed by atoms with E-state index in [4.69, 9.17) is 9.47 Å². The molecule has 88 valence electrons.